The van der Waals surface area contributed by atoms with Gasteiger partial charge >= 0.3 is 5.97 Å². The molecule has 0 N–H and O–H groups in total. The van der Waals surface area contributed by atoms with E-state index in [1.165, 1.54) is 6.08 Å². The van der Waals surface area contributed by atoms with Gasteiger partial charge in [-0.15, -0.1) is 6.42 Å². The van der Waals surface area contributed by atoms with Gasteiger partial charge < -0.3 is 14.2 Å². The number of methoxy groups -OCH3 is 2. The van der Waals surface area contributed by atoms with E-state index in [2.05, 4.69) is 5.92 Å². The van der Waals surface area contributed by atoms with Crippen LogP contribution >= 0.6 is 0 Å². The summed E-state index contributed by atoms with van der Waals surface area (Å²) in [6.07, 6.45) is 9.84. The van der Waals surface area contributed by atoms with E-state index in [9.17, 15) is 4.79 Å². The standard InChI is InChI=1S/C16H16O4/c1-4-6-15(7-5-12-18-2)20-16(17)13-8-10-14(19-3)11-9-13/h1,5-11H,12H2,2-3H3/b7-5-,15-6+. The number of carbonyl (C=O) groups excluding carboxylic acids is 1. The summed E-state index contributed by atoms with van der Waals surface area (Å²) in [5.41, 5.74) is 0.411. The van der Waals surface area contributed by atoms with Crippen molar-refractivity contribution in [3.63, 3.8) is 0 Å². The lowest BCUT2D eigenvalue weighted by Gasteiger charge is -2.05. The van der Waals surface area contributed by atoms with Gasteiger partial charge in [-0.05, 0) is 30.3 Å². The van der Waals surface area contributed by atoms with Crippen molar-refractivity contribution in [1.82, 2.24) is 0 Å². The van der Waals surface area contributed by atoms with Crippen molar-refractivity contribution in [1.29, 1.82) is 0 Å². The summed E-state index contributed by atoms with van der Waals surface area (Å²) in [5.74, 6) is 2.78. The molecule has 104 valence electrons. The summed E-state index contributed by atoms with van der Waals surface area (Å²) in [7, 11) is 3.12. The number of rotatable bonds is 6. The number of hydrogen-bond donors (Lipinski definition) is 0. The lowest BCUT2D eigenvalue weighted by atomic mass is 10.2. The zero-order valence-corrected chi connectivity index (χ0v) is 11.5. The maximum Gasteiger partial charge on any atom is 0.343 e. The van der Waals surface area contributed by atoms with Crippen LogP contribution in [0.25, 0.3) is 0 Å². The van der Waals surface area contributed by atoms with Gasteiger partial charge in [-0.25, -0.2) is 4.79 Å². The van der Waals surface area contributed by atoms with Crippen LogP contribution in [0, 0.1) is 12.3 Å². The summed E-state index contributed by atoms with van der Waals surface area (Å²) in [5, 5.41) is 0. The van der Waals surface area contributed by atoms with Crippen LogP contribution in [-0.4, -0.2) is 26.8 Å². The smallest absolute Gasteiger partial charge is 0.343 e. The Bertz CT molecular complexity index is 533. The maximum atomic E-state index is 11.9. The molecular formula is C16H16O4. The van der Waals surface area contributed by atoms with E-state index < -0.39 is 5.97 Å². The quantitative estimate of drug-likeness (QED) is 0.345. The molecule has 0 heterocycles. The van der Waals surface area contributed by atoms with Crippen molar-refractivity contribution >= 4 is 5.97 Å². The van der Waals surface area contributed by atoms with Gasteiger partial charge in [0.05, 0.1) is 19.3 Å². The lowest BCUT2D eigenvalue weighted by molar-refractivity contribution is 0.0637. The fourth-order valence-corrected chi connectivity index (χ4v) is 1.35. The largest absolute Gasteiger partial charge is 0.497 e. The average Bonchev–Trinajstić information content (AvgIpc) is 2.47. The summed E-state index contributed by atoms with van der Waals surface area (Å²) in [6.45, 7) is 0.405. The first-order chi connectivity index (χ1) is 9.71. The Balaban J connectivity index is 2.75. The first kappa shape index (κ1) is 15.5. The van der Waals surface area contributed by atoms with E-state index in [0.29, 0.717) is 17.9 Å². The van der Waals surface area contributed by atoms with Gasteiger partial charge in [0.2, 0.25) is 0 Å². The van der Waals surface area contributed by atoms with Crippen LogP contribution < -0.4 is 4.74 Å². The molecule has 0 unspecified atom stereocenters. The van der Waals surface area contributed by atoms with Crippen LogP contribution in [0.2, 0.25) is 0 Å². The fourth-order valence-electron chi connectivity index (χ4n) is 1.35. The highest BCUT2D eigenvalue weighted by atomic mass is 16.5. The number of hydrogen-bond acceptors (Lipinski definition) is 4. The Labute approximate surface area is 118 Å². The molecule has 4 nitrogen and oxygen atoms in total. The number of carbonyl (C=O) groups is 1. The second-order valence-electron chi connectivity index (χ2n) is 3.69. The van der Waals surface area contributed by atoms with E-state index in [4.69, 9.17) is 20.6 Å². The van der Waals surface area contributed by atoms with Gasteiger partial charge in [0, 0.05) is 13.2 Å². The van der Waals surface area contributed by atoms with Crippen LogP contribution in [0.3, 0.4) is 0 Å². The van der Waals surface area contributed by atoms with Gasteiger partial charge in [0.1, 0.15) is 11.5 Å². The van der Waals surface area contributed by atoms with E-state index in [0.717, 1.165) is 0 Å². The minimum absolute atomic E-state index is 0.283. The van der Waals surface area contributed by atoms with Crippen molar-refractivity contribution in [3.8, 4) is 18.1 Å². The predicted molar refractivity (Wildman–Crippen MR) is 76.3 cm³/mol. The fraction of sp³-hybridized carbons (Fsp3) is 0.188. The van der Waals surface area contributed by atoms with Crippen LogP contribution in [-0.2, 0) is 9.47 Å². The second kappa shape index (κ2) is 8.57. The lowest BCUT2D eigenvalue weighted by Crippen LogP contribution is -2.04. The number of terminal acetylenes is 1. The molecule has 0 aliphatic rings. The zero-order valence-electron chi connectivity index (χ0n) is 11.5. The second-order valence-corrected chi connectivity index (χ2v) is 3.69. The first-order valence-electron chi connectivity index (χ1n) is 5.89. The zero-order chi connectivity index (χ0) is 14.8. The molecule has 0 saturated heterocycles. The molecule has 0 saturated carbocycles. The van der Waals surface area contributed by atoms with Gasteiger partial charge in [0.25, 0.3) is 0 Å². The molecule has 0 aromatic heterocycles. The van der Waals surface area contributed by atoms with Crippen LogP contribution in [0.5, 0.6) is 5.75 Å². The third-order valence-electron chi connectivity index (χ3n) is 2.31. The molecule has 0 radical (unpaired) electrons. The summed E-state index contributed by atoms with van der Waals surface area (Å²) in [4.78, 5) is 11.9. The highest BCUT2D eigenvalue weighted by molar-refractivity contribution is 5.90. The van der Waals surface area contributed by atoms with Crippen LogP contribution in [0.15, 0.2) is 48.3 Å². The van der Waals surface area contributed by atoms with Crippen molar-refractivity contribution in [2.75, 3.05) is 20.8 Å². The Morgan fingerprint density at radius 3 is 2.55 bits per heavy atom. The molecule has 1 aromatic carbocycles. The normalized spacial score (nSPS) is 11.2. The number of esters is 1. The van der Waals surface area contributed by atoms with E-state index in [1.807, 2.05) is 0 Å². The minimum atomic E-state index is -0.490. The molecule has 4 heteroatoms. The predicted octanol–water partition coefficient (Wildman–Crippen LogP) is 2.57. The topological polar surface area (TPSA) is 44.8 Å². The van der Waals surface area contributed by atoms with Gasteiger partial charge in [0.15, 0.2) is 0 Å². The maximum absolute atomic E-state index is 11.9. The third kappa shape index (κ3) is 5.01. The van der Waals surface area contributed by atoms with Gasteiger partial charge in [-0.2, -0.15) is 0 Å². The van der Waals surface area contributed by atoms with E-state index >= 15 is 0 Å². The van der Waals surface area contributed by atoms with Crippen LogP contribution in [0.1, 0.15) is 10.4 Å². The molecule has 0 amide bonds. The molecule has 0 fully saturated rings. The number of benzene rings is 1. The molecule has 0 bridgehead atoms. The Morgan fingerprint density at radius 1 is 1.30 bits per heavy atom. The van der Waals surface area contributed by atoms with Crippen LogP contribution in [0.4, 0.5) is 0 Å². The molecule has 20 heavy (non-hydrogen) atoms. The van der Waals surface area contributed by atoms with Crippen molar-refractivity contribution in [2.45, 2.75) is 0 Å². The molecule has 1 rings (SSSR count). The van der Waals surface area contributed by atoms with Crippen molar-refractivity contribution < 1.29 is 19.0 Å². The minimum Gasteiger partial charge on any atom is -0.497 e. The van der Waals surface area contributed by atoms with Gasteiger partial charge in [-0.3, -0.25) is 0 Å². The summed E-state index contributed by atoms with van der Waals surface area (Å²) >= 11 is 0. The number of allylic oxidation sites excluding steroid dienone is 2. The molecule has 0 spiro atoms. The first-order valence-corrected chi connectivity index (χ1v) is 5.89. The summed E-state index contributed by atoms with van der Waals surface area (Å²) < 4.78 is 15.1. The molecular weight excluding hydrogens is 256 g/mol. The average molecular weight is 272 g/mol. The van der Waals surface area contributed by atoms with Gasteiger partial charge in [-0.1, -0.05) is 12.0 Å². The molecule has 0 aliphatic carbocycles. The third-order valence-corrected chi connectivity index (χ3v) is 2.31. The van der Waals surface area contributed by atoms with E-state index in [1.54, 1.807) is 50.6 Å². The van der Waals surface area contributed by atoms with Crippen molar-refractivity contribution in [3.05, 3.63) is 53.8 Å². The van der Waals surface area contributed by atoms with Crippen molar-refractivity contribution in [2.24, 2.45) is 0 Å². The summed E-state index contributed by atoms with van der Waals surface area (Å²) in [6, 6.07) is 6.60. The molecule has 0 atom stereocenters. The SMILES string of the molecule is C#C/C=C(\C=C/COC)OC(=O)c1ccc(OC)cc1. The molecule has 1 aromatic rings. The highest BCUT2D eigenvalue weighted by Gasteiger charge is 2.08. The molecule has 0 aliphatic heterocycles. The monoisotopic (exact) mass is 272 g/mol. The van der Waals surface area contributed by atoms with E-state index in [-0.39, 0.29) is 5.76 Å². The Kier molecular flexibility index (Phi) is 6.66. The highest BCUT2D eigenvalue weighted by Crippen LogP contribution is 2.13. The Hall–Kier alpha value is -2.51. The number of ether oxygens (including phenoxy) is 3. The Morgan fingerprint density at radius 2 is 2.00 bits per heavy atom.